The Labute approximate surface area is 78.1 Å². The van der Waals surface area contributed by atoms with Crippen LogP contribution in [0.4, 0.5) is 0 Å². The minimum absolute atomic E-state index is 0.475. The van der Waals surface area contributed by atoms with E-state index in [2.05, 4.69) is 16.4 Å². The summed E-state index contributed by atoms with van der Waals surface area (Å²) in [7, 11) is 1.67. The first-order valence-electron chi connectivity index (χ1n) is 4.62. The first kappa shape index (κ1) is 8.51. The van der Waals surface area contributed by atoms with Gasteiger partial charge < -0.3 is 10.1 Å². The van der Waals surface area contributed by atoms with Gasteiger partial charge in [-0.05, 0) is 31.0 Å². The lowest BCUT2D eigenvalue weighted by Crippen LogP contribution is -2.12. The van der Waals surface area contributed by atoms with Gasteiger partial charge in [0, 0.05) is 12.2 Å². The lowest BCUT2D eigenvalue weighted by molar-refractivity contribution is 0.411. The van der Waals surface area contributed by atoms with Crippen LogP contribution in [0.5, 0.6) is 5.75 Å². The highest BCUT2D eigenvalue weighted by Crippen LogP contribution is 2.24. The van der Waals surface area contributed by atoms with Gasteiger partial charge in [0.2, 0.25) is 0 Å². The summed E-state index contributed by atoms with van der Waals surface area (Å²) in [5.41, 5.74) is 1.23. The highest BCUT2D eigenvalue weighted by molar-refractivity contribution is 5.26. The average Bonchev–Trinajstić information content (AvgIpc) is 2.71. The minimum Gasteiger partial charge on any atom is -0.495 e. The van der Waals surface area contributed by atoms with Gasteiger partial charge in [0.05, 0.1) is 13.3 Å². The Morgan fingerprint density at radius 1 is 1.54 bits per heavy atom. The summed E-state index contributed by atoms with van der Waals surface area (Å²) in [5.74, 6) is 0.839. The van der Waals surface area contributed by atoms with E-state index in [0.717, 1.165) is 12.3 Å². The molecule has 0 amide bonds. The van der Waals surface area contributed by atoms with Gasteiger partial charge in [0.25, 0.3) is 0 Å². The van der Waals surface area contributed by atoms with E-state index in [1.54, 1.807) is 13.3 Å². The van der Waals surface area contributed by atoms with E-state index in [1.165, 1.54) is 18.4 Å². The van der Waals surface area contributed by atoms with Gasteiger partial charge in [-0.3, -0.25) is 4.98 Å². The van der Waals surface area contributed by atoms with Gasteiger partial charge in [0.15, 0.2) is 0 Å². The largest absolute Gasteiger partial charge is 0.495 e. The molecular formula is C10H14N2O. The van der Waals surface area contributed by atoms with Gasteiger partial charge in [-0.2, -0.15) is 0 Å². The quantitative estimate of drug-likeness (QED) is 0.745. The highest BCUT2D eigenvalue weighted by atomic mass is 16.5. The number of hydrogen-bond donors (Lipinski definition) is 1. The van der Waals surface area contributed by atoms with Crippen molar-refractivity contribution in [2.75, 3.05) is 13.7 Å². The molecule has 1 unspecified atom stereocenters. The molecule has 1 atom stereocenters. The average molecular weight is 178 g/mol. The molecular weight excluding hydrogens is 164 g/mol. The maximum Gasteiger partial charge on any atom is 0.137 e. The first-order valence-corrected chi connectivity index (χ1v) is 4.62. The number of aromatic nitrogens is 1. The van der Waals surface area contributed by atoms with Gasteiger partial charge in [0.1, 0.15) is 5.75 Å². The van der Waals surface area contributed by atoms with E-state index in [1.807, 2.05) is 6.20 Å². The fraction of sp³-hybridized carbons (Fsp3) is 0.500. The molecule has 1 aliphatic rings. The van der Waals surface area contributed by atoms with Crippen LogP contribution in [0.25, 0.3) is 0 Å². The number of ether oxygens (including phenoxy) is 1. The van der Waals surface area contributed by atoms with E-state index < -0.39 is 0 Å². The normalized spacial score (nSPS) is 21.8. The van der Waals surface area contributed by atoms with Crippen molar-refractivity contribution in [2.24, 2.45) is 0 Å². The minimum atomic E-state index is 0.475. The number of hydrogen-bond acceptors (Lipinski definition) is 3. The van der Waals surface area contributed by atoms with E-state index in [0.29, 0.717) is 6.04 Å². The molecule has 2 rings (SSSR count). The number of nitrogens with one attached hydrogen (secondary N) is 1. The second-order valence-corrected chi connectivity index (χ2v) is 3.31. The maximum atomic E-state index is 5.12. The van der Waals surface area contributed by atoms with Crippen LogP contribution in [0, 0.1) is 0 Å². The van der Waals surface area contributed by atoms with Crippen molar-refractivity contribution in [1.29, 1.82) is 0 Å². The summed E-state index contributed by atoms with van der Waals surface area (Å²) >= 11 is 0. The Morgan fingerprint density at radius 3 is 3.15 bits per heavy atom. The van der Waals surface area contributed by atoms with E-state index in [-0.39, 0.29) is 0 Å². The molecule has 1 aromatic heterocycles. The van der Waals surface area contributed by atoms with Crippen LogP contribution in [-0.4, -0.2) is 18.6 Å². The Hall–Kier alpha value is -1.09. The third-order valence-corrected chi connectivity index (χ3v) is 2.43. The molecule has 1 N–H and O–H groups in total. The molecule has 0 bridgehead atoms. The standard InChI is InChI=1S/C10H14N2O/c1-13-9-5-8(6-11-7-9)10-3-2-4-12-10/h5-7,10,12H,2-4H2,1H3. The van der Waals surface area contributed by atoms with Crippen molar-refractivity contribution in [3.05, 3.63) is 24.0 Å². The van der Waals surface area contributed by atoms with Gasteiger partial charge in [-0.25, -0.2) is 0 Å². The van der Waals surface area contributed by atoms with Crippen LogP contribution in [0.15, 0.2) is 18.5 Å². The zero-order valence-corrected chi connectivity index (χ0v) is 7.79. The van der Waals surface area contributed by atoms with Crippen LogP contribution < -0.4 is 10.1 Å². The van der Waals surface area contributed by atoms with E-state index in [9.17, 15) is 0 Å². The van der Waals surface area contributed by atoms with Crippen LogP contribution in [0.3, 0.4) is 0 Å². The number of rotatable bonds is 2. The van der Waals surface area contributed by atoms with Crippen molar-refractivity contribution < 1.29 is 4.74 Å². The molecule has 1 saturated heterocycles. The molecule has 3 heteroatoms. The van der Waals surface area contributed by atoms with E-state index >= 15 is 0 Å². The molecule has 0 spiro atoms. The van der Waals surface area contributed by atoms with Gasteiger partial charge in [-0.15, -0.1) is 0 Å². The highest BCUT2D eigenvalue weighted by Gasteiger charge is 2.16. The molecule has 2 heterocycles. The second-order valence-electron chi connectivity index (χ2n) is 3.31. The predicted octanol–water partition coefficient (Wildman–Crippen LogP) is 1.51. The zero-order chi connectivity index (χ0) is 9.10. The SMILES string of the molecule is COc1cncc(C2CCCN2)c1. The molecule has 0 aliphatic carbocycles. The van der Waals surface area contributed by atoms with Crippen molar-refractivity contribution in [3.8, 4) is 5.75 Å². The fourth-order valence-electron chi connectivity index (χ4n) is 1.71. The number of nitrogens with zero attached hydrogens (tertiary/aromatic N) is 1. The maximum absolute atomic E-state index is 5.12. The van der Waals surface area contributed by atoms with Gasteiger partial charge >= 0.3 is 0 Å². The molecule has 1 aromatic rings. The molecule has 0 saturated carbocycles. The summed E-state index contributed by atoms with van der Waals surface area (Å²) in [6.07, 6.45) is 6.10. The predicted molar refractivity (Wildman–Crippen MR) is 50.8 cm³/mol. The summed E-state index contributed by atoms with van der Waals surface area (Å²) < 4.78 is 5.12. The summed E-state index contributed by atoms with van der Waals surface area (Å²) in [6, 6.07) is 2.53. The topological polar surface area (TPSA) is 34.1 Å². The van der Waals surface area contributed by atoms with Crippen LogP contribution in [0.2, 0.25) is 0 Å². The Morgan fingerprint density at radius 2 is 2.46 bits per heavy atom. The summed E-state index contributed by atoms with van der Waals surface area (Å²) in [5, 5.41) is 3.43. The number of pyridine rings is 1. The van der Waals surface area contributed by atoms with Crippen molar-refractivity contribution in [2.45, 2.75) is 18.9 Å². The first-order chi connectivity index (χ1) is 6.40. The van der Waals surface area contributed by atoms with Crippen LogP contribution in [0.1, 0.15) is 24.4 Å². The monoisotopic (exact) mass is 178 g/mol. The van der Waals surface area contributed by atoms with Crippen LogP contribution >= 0.6 is 0 Å². The zero-order valence-electron chi connectivity index (χ0n) is 7.79. The number of methoxy groups -OCH3 is 1. The Balaban J connectivity index is 2.18. The van der Waals surface area contributed by atoms with Crippen molar-refractivity contribution in [1.82, 2.24) is 10.3 Å². The Bertz CT molecular complexity index is 282. The Kier molecular flexibility index (Phi) is 2.45. The van der Waals surface area contributed by atoms with Gasteiger partial charge in [-0.1, -0.05) is 0 Å². The second kappa shape index (κ2) is 3.75. The molecule has 13 heavy (non-hydrogen) atoms. The summed E-state index contributed by atoms with van der Waals surface area (Å²) in [6.45, 7) is 1.11. The summed E-state index contributed by atoms with van der Waals surface area (Å²) in [4.78, 5) is 4.14. The molecule has 0 aromatic carbocycles. The molecule has 1 fully saturated rings. The smallest absolute Gasteiger partial charge is 0.137 e. The van der Waals surface area contributed by atoms with Crippen LogP contribution in [-0.2, 0) is 0 Å². The third-order valence-electron chi connectivity index (χ3n) is 2.43. The molecule has 3 nitrogen and oxygen atoms in total. The molecule has 0 radical (unpaired) electrons. The van der Waals surface area contributed by atoms with Crippen molar-refractivity contribution >= 4 is 0 Å². The fourth-order valence-corrected chi connectivity index (χ4v) is 1.71. The van der Waals surface area contributed by atoms with E-state index in [4.69, 9.17) is 4.74 Å². The third kappa shape index (κ3) is 1.80. The van der Waals surface area contributed by atoms with Crippen molar-refractivity contribution in [3.63, 3.8) is 0 Å². The lowest BCUT2D eigenvalue weighted by Gasteiger charge is -2.10. The molecule has 70 valence electrons. The molecule has 1 aliphatic heterocycles. The lowest BCUT2D eigenvalue weighted by atomic mass is 10.1.